The minimum absolute atomic E-state index is 0.107. The van der Waals surface area contributed by atoms with Gasteiger partial charge in [0.25, 0.3) is 5.91 Å². The third kappa shape index (κ3) is 2.63. The topological polar surface area (TPSA) is 90.6 Å². The van der Waals surface area contributed by atoms with Crippen LogP contribution >= 0.6 is 0 Å². The molecule has 0 radical (unpaired) electrons. The molecular formula is C14H14N2O4. The van der Waals surface area contributed by atoms with Crippen LogP contribution in [0.5, 0.6) is 0 Å². The molecule has 2 atom stereocenters. The average Bonchev–Trinajstić information content (AvgIpc) is 2.95. The highest BCUT2D eigenvalue weighted by Gasteiger charge is 2.38. The Hall–Kier alpha value is -2.39. The van der Waals surface area contributed by atoms with Crippen LogP contribution in [0.2, 0.25) is 0 Å². The number of carboxylic acid groups (broad SMARTS) is 1. The zero-order valence-electron chi connectivity index (χ0n) is 10.9. The molecular weight excluding hydrogens is 260 g/mol. The van der Waals surface area contributed by atoms with E-state index >= 15 is 0 Å². The third-order valence-electron chi connectivity index (χ3n) is 3.42. The van der Waals surface area contributed by atoms with E-state index in [1.165, 1.54) is 11.0 Å². The monoisotopic (exact) mass is 274 g/mol. The number of hydrogen-bond acceptors (Lipinski definition) is 4. The van der Waals surface area contributed by atoms with Gasteiger partial charge in [0, 0.05) is 12.6 Å². The Balaban J connectivity index is 2.20. The molecule has 6 nitrogen and oxygen atoms in total. The van der Waals surface area contributed by atoms with Gasteiger partial charge in [-0.05, 0) is 18.2 Å². The van der Waals surface area contributed by atoms with Crippen LogP contribution in [0.1, 0.15) is 15.9 Å². The van der Waals surface area contributed by atoms with Crippen LogP contribution < -0.4 is 0 Å². The largest absolute Gasteiger partial charge is 0.481 e. The first-order chi connectivity index (χ1) is 9.54. The van der Waals surface area contributed by atoms with E-state index in [4.69, 9.17) is 15.1 Å². The Kier molecular flexibility index (Phi) is 4.01. The first-order valence-electron chi connectivity index (χ1n) is 6.12. The van der Waals surface area contributed by atoms with Crippen LogP contribution in [0.4, 0.5) is 0 Å². The highest BCUT2D eigenvalue weighted by Crippen LogP contribution is 2.21. The standard InChI is InChI=1S/C14H14N2O4/c1-16(12-8-20-7-11(12)14(18)19)13(17)10-4-2-3-9(5-10)6-15/h2-5,11-12H,7-8H2,1H3,(H,18,19). The molecule has 1 amide bonds. The van der Waals surface area contributed by atoms with Crippen molar-refractivity contribution in [2.24, 2.45) is 5.92 Å². The van der Waals surface area contributed by atoms with Gasteiger partial charge >= 0.3 is 5.97 Å². The fourth-order valence-corrected chi connectivity index (χ4v) is 2.24. The Bertz CT molecular complexity index is 579. The molecule has 2 rings (SSSR count). The van der Waals surface area contributed by atoms with Crippen LogP contribution in [-0.4, -0.2) is 48.2 Å². The predicted octanol–water partition coefficient (Wildman–Crippen LogP) is 0.730. The lowest BCUT2D eigenvalue weighted by atomic mass is 10.0. The molecule has 1 saturated heterocycles. The molecule has 104 valence electrons. The predicted molar refractivity (Wildman–Crippen MR) is 69.0 cm³/mol. The quantitative estimate of drug-likeness (QED) is 0.877. The molecule has 1 fully saturated rings. The van der Waals surface area contributed by atoms with Gasteiger partial charge in [-0.1, -0.05) is 6.07 Å². The van der Waals surface area contributed by atoms with E-state index in [1.54, 1.807) is 25.2 Å². The SMILES string of the molecule is CN(C(=O)c1cccc(C#N)c1)C1COCC1C(=O)O. The van der Waals surface area contributed by atoms with Crippen LogP contribution in [0.15, 0.2) is 24.3 Å². The molecule has 2 unspecified atom stereocenters. The zero-order valence-corrected chi connectivity index (χ0v) is 10.9. The van der Waals surface area contributed by atoms with Gasteiger partial charge in [0.05, 0.1) is 30.9 Å². The molecule has 0 aromatic heterocycles. The van der Waals surface area contributed by atoms with Crippen LogP contribution in [0.3, 0.4) is 0 Å². The summed E-state index contributed by atoms with van der Waals surface area (Å²) in [5.41, 5.74) is 0.754. The molecule has 1 aromatic rings. The highest BCUT2D eigenvalue weighted by molar-refractivity contribution is 5.95. The number of amides is 1. The lowest BCUT2D eigenvalue weighted by Gasteiger charge is -2.26. The van der Waals surface area contributed by atoms with Crippen LogP contribution in [-0.2, 0) is 9.53 Å². The second-order valence-electron chi connectivity index (χ2n) is 4.66. The van der Waals surface area contributed by atoms with Gasteiger partial charge in [-0.3, -0.25) is 9.59 Å². The van der Waals surface area contributed by atoms with E-state index in [-0.39, 0.29) is 19.1 Å². The zero-order chi connectivity index (χ0) is 14.7. The highest BCUT2D eigenvalue weighted by atomic mass is 16.5. The maximum atomic E-state index is 12.3. The van der Waals surface area contributed by atoms with Gasteiger partial charge < -0.3 is 14.7 Å². The Morgan fingerprint density at radius 3 is 2.85 bits per heavy atom. The molecule has 0 bridgehead atoms. The summed E-state index contributed by atoms with van der Waals surface area (Å²) in [7, 11) is 1.55. The second kappa shape index (κ2) is 5.72. The Labute approximate surface area is 116 Å². The summed E-state index contributed by atoms with van der Waals surface area (Å²) >= 11 is 0. The van der Waals surface area contributed by atoms with E-state index in [9.17, 15) is 9.59 Å². The number of carbonyl (C=O) groups is 2. The summed E-state index contributed by atoms with van der Waals surface area (Å²) in [5, 5.41) is 17.9. The van der Waals surface area contributed by atoms with Gasteiger partial charge in [-0.2, -0.15) is 5.26 Å². The first-order valence-corrected chi connectivity index (χ1v) is 6.12. The fourth-order valence-electron chi connectivity index (χ4n) is 2.24. The molecule has 0 saturated carbocycles. The number of hydrogen-bond donors (Lipinski definition) is 1. The number of aliphatic carboxylic acids is 1. The number of nitrogens with zero attached hydrogens (tertiary/aromatic N) is 2. The number of rotatable bonds is 3. The van der Waals surface area contributed by atoms with E-state index in [0.717, 1.165) is 0 Å². The molecule has 20 heavy (non-hydrogen) atoms. The number of ether oxygens (including phenoxy) is 1. The van der Waals surface area contributed by atoms with E-state index < -0.39 is 17.9 Å². The second-order valence-corrected chi connectivity index (χ2v) is 4.66. The van der Waals surface area contributed by atoms with Gasteiger partial charge in [0.1, 0.15) is 5.92 Å². The molecule has 0 aliphatic carbocycles. The Morgan fingerprint density at radius 2 is 2.20 bits per heavy atom. The number of likely N-dealkylation sites (N-methyl/N-ethyl adjacent to an activating group) is 1. The molecule has 1 N–H and O–H groups in total. The lowest BCUT2D eigenvalue weighted by molar-refractivity contribution is -0.142. The maximum absolute atomic E-state index is 12.3. The summed E-state index contributed by atoms with van der Waals surface area (Å²) in [4.78, 5) is 24.8. The molecule has 1 heterocycles. The van der Waals surface area contributed by atoms with E-state index in [2.05, 4.69) is 0 Å². The first kappa shape index (κ1) is 14.0. The van der Waals surface area contributed by atoms with E-state index in [0.29, 0.717) is 11.1 Å². The van der Waals surface area contributed by atoms with Gasteiger partial charge in [0.2, 0.25) is 0 Å². The summed E-state index contributed by atoms with van der Waals surface area (Å²) in [6, 6.07) is 7.80. The van der Waals surface area contributed by atoms with Crippen molar-refractivity contribution in [1.82, 2.24) is 4.90 Å². The van der Waals surface area contributed by atoms with Gasteiger partial charge in [-0.25, -0.2) is 0 Å². The van der Waals surface area contributed by atoms with Crippen molar-refractivity contribution in [3.05, 3.63) is 35.4 Å². The summed E-state index contributed by atoms with van der Waals surface area (Å²) < 4.78 is 5.16. The van der Waals surface area contributed by atoms with Crippen molar-refractivity contribution < 1.29 is 19.4 Å². The van der Waals surface area contributed by atoms with Crippen LogP contribution in [0, 0.1) is 17.2 Å². The summed E-state index contributed by atoms with van der Waals surface area (Å²) in [6.07, 6.45) is 0. The van der Waals surface area contributed by atoms with Gasteiger partial charge in [-0.15, -0.1) is 0 Å². The van der Waals surface area contributed by atoms with Crippen molar-refractivity contribution in [2.75, 3.05) is 20.3 Å². The fraction of sp³-hybridized carbons (Fsp3) is 0.357. The maximum Gasteiger partial charge on any atom is 0.311 e. The van der Waals surface area contributed by atoms with Crippen LogP contribution in [0.25, 0.3) is 0 Å². The molecule has 0 spiro atoms. The van der Waals surface area contributed by atoms with Crippen molar-refractivity contribution >= 4 is 11.9 Å². The minimum atomic E-state index is -0.974. The lowest BCUT2D eigenvalue weighted by Crippen LogP contribution is -2.44. The minimum Gasteiger partial charge on any atom is -0.481 e. The number of carboxylic acids is 1. The van der Waals surface area contributed by atoms with Gasteiger partial charge in [0.15, 0.2) is 0 Å². The third-order valence-corrected chi connectivity index (χ3v) is 3.42. The molecule has 1 aromatic carbocycles. The normalized spacial score (nSPS) is 21.2. The number of benzene rings is 1. The number of carbonyl (C=O) groups excluding carboxylic acids is 1. The summed E-state index contributed by atoms with van der Waals surface area (Å²) in [6.45, 7) is 0.313. The average molecular weight is 274 g/mol. The summed E-state index contributed by atoms with van der Waals surface area (Å²) in [5.74, 6) is -2.01. The van der Waals surface area contributed by atoms with Crippen molar-refractivity contribution in [1.29, 1.82) is 5.26 Å². The number of nitriles is 1. The smallest absolute Gasteiger partial charge is 0.311 e. The molecule has 1 aliphatic rings. The van der Waals surface area contributed by atoms with Crippen molar-refractivity contribution in [3.63, 3.8) is 0 Å². The van der Waals surface area contributed by atoms with Crippen molar-refractivity contribution in [2.45, 2.75) is 6.04 Å². The van der Waals surface area contributed by atoms with E-state index in [1.807, 2.05) is 6.07 Å². The molecule has 1 aliphatic heterocycles. The Morgan fingerprint density at radius 1 is 1.45 bits per heavy atom. The molecule has 6 heteroatoms. The van der Waals surface area contributed by atoms with Crippen molar-refractivity contribution in [3.8, 4) is 6.07 Å².